The molecule has 31 heavy (non-hydrogen) atoms. The number of carbonyl (C=O) groups is 2. The molecule has 0 saturated carbocycles. The van der Waals surface area contributed by atoms with Gasteiger partial charge in [-0.05, 0) is 61.7 Å². The lowest BCUT2D eigenvalue weighted by Crippen LogP contribution is -2.15. The van der Waals surface area contributed by atoms with Crippen molar-refractivity contribution in [2.45, 2.75) is 39.1 Å². The second-order valence-electron chi connectivity index (χ2n) is 7.41. The number of thioether (sulfide) groups is 1. The van der Waals surface area contributed by atoms with Crippen molar-refractivity contribution in [2.24, 2.45) is 0 Å². The van der Waals surface area contributed by atoms with Crippen LogP contribution in [0, 0.1) is 20.8 Å². The van der Waals surface area contributed by atoms with Gasteiger partial charge in [0.25, 0.3) is 0 Å². The molecule has 2 N–H and O–H groups in total. The molecular weight excluding hydrogens is 410 g/mol. The number of methoxy groups -OCH3 is 1. The lowest BCUT2D eigenvalue weighted by Gasteiger charge is -2.13. The zero-order valence-electron chi connectivity index (χ0n) is 18.5. The third-order valence-corrected chi connectivity index (χ3v) is 5.94. The van der Waals surface area contributed by atoms with Crippen LogP contribution in [0.4, 0.5) is 11.4 Å². The standard InChI is InChI=1S/C24H27N3O3S/c1-6-22(28)26-19-8-7-17(12-21(19)30-5)25-23(29)13-31-24-16(4)11-18-15(3)9-14(2)10-20(18)27-24/h7-12H,6,13H2,1-5H3,(H,25,29)(H,26,28). The minimum absolute atomic E-state index is 0.102. The van der Waals surface area contributed by atoms with Gasteiger partial charge in [0.15, 0.2) is 0 Å². The Morgan fingerprint density at radius 3 is 2.48 bits per heavy atom. The van der Waals surface area contributed by atoms with Crippen molar-refractivity contribution in [1.82, 2.24) is 4.98 Å². The molecule has 6 nitrogen and oxygen atoms in total. The Kier molecular flexibility index (Phi) is 7.17. The molecule has 2 aromatic carbocycles. The molecule has 1 aromatic heterocycles. The number of hydrogen-bond acceptors (Lipinski definition) is 5. The molecule has 2 amide bonds. The molecule has 0 radical (unpaired) electrons. The Hall–Kier alpha value is -3.06. The van der Waals surface area contributed by atoms with Crippen LogP contribution < -0.4 is 15.4 Å². The normalized spacial score (nSPS) is 10.7. The third-order valence-electron chi connectivity index (χ3n) is 4.85. The highest BCUT2D eigenvalue weighted by Gasteiger charge is 2.12. The van der Waals surface area contributed by atoms with Crippen molar-refractivity contribution in [3.8, 4) is 5.75 Å². The number of aryl methyl sites for hydroxylation is 3. The molecular formula is C24H27N3O3S. The highest BCUT2D eigenvalue weighted by atomic mass is 32.2. The number of rotatable bonds is 7. The summed E-state index contributed by atoms with van der Waals surface area (Å²) in [6.07, 6.45) is 0.375. The lowest BCUT2D eigenvalue weighted by atomic mass is 10.1. The number of nitrogens with one attached hydrogen (secondary N) is 2. The molecule has 0 aliphatic heterocycles. The Morgan fingerprint density at radius 2 is 1.77 bits per heavy atom. The van der Waals surface area contributed by atoms with E-state index in [1.807, 2.05) is 6.92 Å². The number of ether oxygens (including phenoxy) is 1. The number of carbonyl (C=O) groups excluding carboxylic acids is 2. The molecule has 162 valence electrons. The first-order chi connectivity index (χ1) is 14.8. The van der Waals surface area contributed by atoms with Crippen LogP contribution in [-0.4, -0.2) is 29.7 Å². The molecule has 0 unspecified atom stereocenters. The van der Waals surface area contributed by atoms with Crippen molar-refractivity contribution in [3.63, 3.8) is 0 Å². The fourth-order valence-corrected chi connectivity index (χ4v) is 4.09. The molecule has 0 spiro atoms. The minimum Gasteiger partial charge on any atom is -0.494 e. The fourth-order valence-electron chi connectivity index (χ4n) is 3.30. The maximum atomic E-state index is 12.5. The number of pyridine rings is 1. The van der Waals surface area contributed by atoms with Crippen LogP contribution in [0.3, 0.4) is 0 Å². The molecule has 3 aromatic rings. The van der Waals surface area contributed by atoms with Gasteiger partial charge in [-0.3, -0.25) is 9.59 Å². The van der Waals surface area contributed by atoms with E-state index in [-0.39, 0.29) is 17.6 Å². The minimum atomic E-state index is -0.140. The zero-order valence-corrected chi connectivity index (χ0v) is 19.3. The summed E-state index contributed by atoms with van der Waals surface area (Å²) < 4.78 is 5.34. The summed E-state index contributed by atoms with van der Waals surface area (Å²) in [4.78, 5) is 28.9. The summed E-state index contributed by atoms with van der Waals surface area (Å²) in [5, 5.41) is 7.64. The van der Waals surface area contributed by atoms with Gasteiger partial charge in [0.2, 0.25) is 11.8 Å². The van der Waals surface area contributed by atoms with E-state index in [0.717, 1.165) is 21.5 Å². The highest BCUT2D eigenvalue weighted by molar-refractivity contribution is 8.00. The summed E-state index contributed by atoms with van der Waals surface area (Å²) in [5.41, 5.74) is 5.54. The largest absolute Gasteiger partial charge is 0.494 e. The second-order valence-corrected chi connectivity index (χ2v) is 8.38. The smallest absolute Gasteiger partial charge is 0.234 e. The van der Waals surface area contributed by atoms with Gasteiger partial charge in [0.1, 0.15) is 10.8 Å². The second kappa shape index (κ2) is 9.83. The van der Waals surface area contributed by atoms with Crippen LogP contribution in [0.15, 0.2) is 41.4 Å². The van der Waals surface area contributed by atoms with Gasteiger partial charge in [0.05, 0.1) is 24.1 Å². The Morgan fingerprint density at radius 1 is 1.00 bits per heavy atom. The first-order valence-electron chi connectivity index (χ1n) is 10.1. The quantitative estimate of drug-likeness (QED) is 0.494. The molecule has 0 fully saturated rings. The summed E-state index contributed by atoms with van der Waals surface area (Å²) in [6, 6.07) is 11.5. The number of hydrogen-bond donors (Lipinski definition) is 2. The van der Waals surface area contributed by atoms with Gasteiger partial charge in [-0.1, -0.05) is 24.8 Å². The summed E-state index contributed by atoms with van der Waals surface area (Å²) in [7, 11) is 1.52. The van der Waals surface area contributed by atoms with E-state index in [9.17, 15) is 9.59 Å². The third kappa shape index (κ3) is 5.55. The maximum Gasteiger partial charge on any atom is 0.234 e. The topological polar surface area (TPSA) is 80.3 Å². The number of amides is 2. The van der Waals surface area contributed by atoms with E-state index in [2.05, 4.69) is 42.7 Å². The number of benzene rings is 2. The van der Waals surface area contributed by atoms with Gasteiger partial charge < -0.3 is 15.4 Å². The van der Waals surface area contributed by atoms with E-state index in [4.69, 9.17) is 9.72 Å². The molecule has 0 aliphatic carbocycles. The first kappa shape index (κ1) is 22.6. The number of aromatic nitrogens is 1. The van der Waals surface area contributed by atoms with Crippen LogP contribution in [0.2, 0.25) is 0 Å². The van der Waals surface area contributed by atoms with Crippen molar-refractivity contribution in [1.29, 1.82) is 0 Å². The maximum absolute atomic E-state index is 12.5. The molecule has 3 rings (SSSR count). The monoisotopic (exact) mass is 437 g/mol. The van der Waals surface area contributed by atoms with E-state index in [0.29, 0.717) is 23.5 Å². The zero-order chi connectivity index (χ0) is 22.5. The van der Waals surface area contributed by atoms with Crippen LogP contribution in [0.5, 0.6) is 5.75 Å². The molecule has 7 heteroatoms. The van der Waals surface area contributed by atoms with Crippen molar-refractivity contribution >= 4 is 45.9 Å². The number of nitrogens with zero attached hydrogens (tertiary/aromatic N) is 1. The Bertz CT molecular complexity index is 1140. The SMILES string of the molecule is CCC(=O)Nc1ccc(NC(=O)CSc2nc3cc(C)cc(C)c3cc2C)cc1OC. The van der Waals surface area contributed by atoms with Crippen LogP contribution >= 0.6 is 11.8 Å². The molecule has 1 heterocycles. The lowest BCUT2D eigenvalue weighted by molar-refractivity contribution is -0.116. The first-order valence-corrected chi connectivity index (χ1v) is 11.1. The van der Waals surface area contributed by atoms with Crippen LogP contribution in [0.25, 0.3) is 10.9 Å². The number of anilines is 2. The van der Waals surface area contributed by atoms with E-state index in [1.165, 1.54) is 30.0 Å². The Labute approximate surface area is 186 Å². The molecule has 0 saturated heterocycles. The van der Waals surface area contributed by atoms with Gasteiger partial charge in [-0.2, -0.15) is 0 Å². The molecule has 0 aliphatic rings. The molecule has 0 bridgehead atoms. The van der Waals surface area contributed by atoms with E-state index >= 15 is 0 Å². The van der Waals surface area contributed by atoms with E-state index in [1.54, 1.807) is 25.1 Å². The van der Waals surface area contributed by atoms with Crippen LogP contribution in [0.1, 0.15) is 30.0 Å². The van der Waals surface area contributed by atoms with E-state index < -0.39 is 0 Å². The average molecular weight is 438 g/mol. The highest BCUT2D eigenvalue weighted by Crippen LogP contribution is 2.29. The predicted molar refractivity (Wildman–Crippen MR) is 127 cm³/mol. The van der Waals surface area contributed by atoms with Crippen molar-refractivity contribution in [3.05, 3.63) is 53.1 Å². The summed E-state index contributed by atoms with van der Waals surface area (Å²) in [6.45, 7) is 7.94. The summed E-state index contributed by atoms with van der Waals surface area (Å²) >= 11 is 1.41. The predicted octanol–water partition coefficient (Wildman–Crippen LogP) is 5.25. The van der Waals surface area contributed by atoms with Crippen molar-refractivity contribution < 1.29 is 14.3 Å². The average Bonchev–Trinajstić information content (AvgIpc) is 2.73. The van der Waals surface area contributed by atoms with Crippen molar-refractivity contribution in [2.75, 3.05) is 23.5 Å². The van der Waals surface area contributed by atoms with Gasteiger partial charge in [0, 0.05) is 23.6 Å². The fraction of sp³-hybridized carbons (Fsp3) is 0.292. The van der Waals surface area contributed by atoms with Crippen LogP contribution in [-0.2, 0) is 9.59 Å². The summed E-state index contributed by atoms with van der Waals surface area (Å²) in [5.74, 6) is 0.486. The van der Waals surface area contributed by atoms with Gasteiger partial charge in [-0.15, -0.1) is 0 Å². The van der Waals surface area contributed by atoms with Gasteiger partial charge >= 0.3 is 0 Å². The Balaban J connectivity index is 1.69. The molecule has 0 atom stereocenters. The van der Waals surface area contributed by atoms with Gasteiger partial charge in [-0.25, -0.2) is 4.98 Å². The number of fused-ring (bicyclic) bond motifs is 1.